The number of allylic oxidation sites excluding steroid dienone is 1. The molecule has 28 heavy (non-hydrogen) atoms. The Morgan fingerprint density at radius 1 is 0.964 bits per heavy atom. The number of hydrogen-bond acceptors (Lipinski definition) is 5. The van der Waals surface area contributed by atoms with Gasteiger partial charge in [0.05, 0.1) is 18.3 Å². The molecule has 0 amide bonds. The minimum atomic E-state index is 0.467. The summed E-state index contributed by atoms with van der Waals surface area (Å²) in [4.78, 5) is 8.99. The van der Waals surface area contributed by atoms with Crippen LogP contribution in [-0.2, 0) is 0 Å². The van der Waals surface area contributed by atoms with Crippen LogP contribution in [0.3, 0.4) is 0 Å². The van der Waals surface area contributed by atoms with Gasteiger partial charge in [-0.1, -0.05) is 30.3 Å². The highest BCUT2D eigenvalue weighted by atomic mass is 15.1. The number of rotatable bonds is 4. The predicted molar refractivity (Wildman–Crippen MR) is 117 cm³/mol. The molecular weight excluding hydrogens is 346 g/mol. The first kappa shape index (κ1) is 17.8. The van der Waals surface area contributed by atoms with Crippen LogP contribution in [-0.4, -0.2) is 24.3 Å². The first-order chi connectivity index (χ1) is 13.8. The maximum Gasteiger partial charge on any atom is 0.0874 e. The van der Waals surface area contributed by atoms with Gasteiger partial charge in [0.1, 0.15) is 0 Å². The zero-order chi connectivity index (χ0) is 19.2. The molecule has 2 heterocycles. The van der Waals surface area contributed by atoms with E-state index in [1.165, 1.54) is 0 Å². The van der Waals surface area contributed by atoms with Gasteiger partial charge >= 0.3 is 0 Å². The number of aromatic nitrogens is 1. The van der Waals surface area contributed by atoms with Gasteiger partial charge in [0, 0.05) is 47.4 Å². The fraction of sp³-hybridized carbons (Fsp3) is 0.130. The molecule has 1 aliphatic heterocycles. The van der Waals surface area contributed by atoms with Crippen molar-refractivity contribution in [1.82, 2.24) is 4.98 Å². The Balaban J connectivity index is 1.65. The molecule has 4 rings (SSSR count). The Morgan fingerprint density at radius 3 is 2.68 bits per heavy atom. The summed E-state index contributed by atoms with van der Waals surface area (Å²) in [5.41, 5.74) is 6.12. The first-order valence-corrected chi connectivity index (χ1v) is 9.32. The molecule has 1 N–H and O–H groups in total. The summed E-state index contributed by atoms with van der Waals surface area (Å²) in [7, 11) is 0. The van der Waals surface area contributed by atoms with Gasteiger partial charge < -0.3 is 5.32 Å². The van der Waals surface area contributed by atoms with Crippen molar-refractivity contribution in [2.75, 3.05) is 18.4 Å². The number of benzene rings is 2. The first-order valence-electron chi connectivity index (χ1n) is 9.32. The molecule has 5 nitrogen and oxygen atoms in total. The van der Waals surface area contributed by atoms with Crippen molar-refractivity contribution in [2.24, 2.45) is 15.2 Å². The number of aliphatic imine (C=N–C) groups is 1. The van der Waals surface area contributed by atoms with Gasteiger partial charge in [0.25, 0.3) is 0 Å². The van der Waals surface area contributed by atoms with Crippen molar-refractivity contribution in [3.63, 3.8) is 0 Å². The quantitative estimate of drug-likeness (QED) is 0.654. The van der Waals surface area contributed by atoms with Gasteiger partial charge in [0.2, 0.25) is 0 Å². The molecule has 0 radical (unpaired) electrons. The van der Waals surface area contributed by atoms with Crippen LogP contribution < -0.4 is 5.32 Å². The molecule has 0 unspecified atom stereocenters. The number of hydrogen-bond donors (Lipinski definition) is 1. The number of para-hydroxylation sites is 1. The van der Waals surface area contributed by atoms with Crippen LogP contribution in [0.15, 0.2) is 88.4 Å². The average molecular weight is 367 g/mol. The van der Waals surface area contributed by atoms with Crippen LogP contribution in [0.4, 0.5) is 5.69 Å². The van der Waals surface area contributed by atoms with E-state index in [0.29, 0.717) is 6.54 Å². The Labute approximate surface area is 164 Å². The minimum Gasteiger partial charge on any atom is -0.385 e. The fourth-order valence-electron chi connectivity index (χ4n) is 3.17. The number of nitrogens with one attached hydrogen (secondary N) is 1. The molecule has 0 fully saturated rings. The second-order valence-electron chi connectivity index (χ2n) is 6.42. The number of fused-ring (bicyclic) bond motifs is 1. The molecule has 3 aromatic rings. The monoisotopic (exact) mass is 367 g/mol. The van der Waals surface area contributed by atoms with E-state index in [1.807, 2.05) is 42.9 Å². The van der Waals surface area contributed by atoms with Crippen molar-refractivity contribution in [2.45, 2.75) is 6.92 Å². The fourth-order valence-corrected chi connectivity index (χ4v) is 3.17. The van der Waals surface area contributed by atoms with E-state index >= 15 is 0 Å². The summed E-state index contributed by atoms with van der Waals surface area (Å²) >= 11 is 0. The van der Waals surface area contributed by atoms with Crippen molar-refractivity contribution in [3.05, 3.63) is 84.3 Å². The summed E-state index contributed by atoms with van der Waals surface area (Å²) < 4.78 is 0. The lowest BCUT2D eigenvalue weighted by molar-refractivity contribution is 1.08. The summed E-state index contributed by atoms with van der Waals surface area (Å²) in [6, 6.07) is 18.3. The Kier molecular flexibility index (Phi) is 5.33. The van der Waals surface area contributed by atoms with E-state index in [0.717, 1.165) is 45.4 Å². The lowest BCUT2D eigenvalue weighted by Gasteiger charge is -2.07. The Morgan fingerprint density at radius 2 is 1.82 bits per heavy atom. The van der Waals surface area contributed by atoms with E-state index in [4.69, 9.17) is 0 Å². The van der Waals surface area contributed by atoms with Crippen molar-refractivity contribution in [3.8, 4) is 0 Å². The molecule has 0 atom stereocenters. The molecule has 5 heteroatoms. The molecule has 0 spiro atoms. The van der Waals surface area contributed by atoms with E-state index < -0.39 is 0 Å². The smallest absolute Gasteiger partial charge is 0.0874 e. The number of anilines is 1. The molecule has 1 aliphatic rings. The van der Waals surface area contributed by atoms with E-state index in [-0.39, 0.29) is 0 Å². The second-order valence-corrected chi connectivity index (χ2v) is 6.42. The van der Waals surface area contributed by atoms with Crippen LogP contribution in [0.5, 0.6) is 0 Å². The molecule has 0 aliphatic carbocycles. The van der Waals surface area contributed by atoms with Gasteiger partial charge in [-0.2, -0.15) is 10.2 Å². The van der Waals surface area contributed by atoms with E-state index in [1.54, 1.807) is 6.20 Å². The third-order valence-electron chi connectivity index (χ3n) is 4.56. The maximum absolute atomic E-state index is 4.56. The predicted octanol–water partition coefficient (Wildman–Crippen LogP) is 5.59. The second kappa shape index (κ2) is 8.39. The highest BCUT2D eigenvalue weighted by molar-refractivity contribution is 6.10. The average Bonchev–Trinajstić information content (AvgIpc) is 2.86. The summed E-state index contributed by atoms with van der Waals surface area (Å²) in [5, 5.41) is 13.0. The Hall–Kier alpha value is -3.60. The van der Waals surface area contributed by atoms with Crippen molar-refractivity contribution < 1.29 is 0 Å². The summed E-state index contributed by atoms with van der Waals surface area (Å²) in [6.45, 7) is 3.45. The molecule has 2 aromatic carbocycles. The standard InChI is InChI=1S/C23H21N5/c1-2-25-20-9-7-17(8-10-20)18-13-24-14-19(16-28-27-15-18)21-11-12-26-23-6-4-3-5-22(21)23/h3-15,25H,2,16H2,1H3. The number of nitrogens with zero attached hydrogens (tertiary/aromatic N) is 4. The lowest BCUT2D eigenvalue weighted by atomic mass is 10.0. The zero-order valence-electron chi connectivity index (χ0n) is 15.7. The summed E-state index contributed by atoms with van der Waals surface area (Å²) in [5.74, 6) is 0. The number of pyridine rings is 1. The molecule has 138 valence electrons. The van der Waals surface area contributed by atoms with Gasteiger partial charge in [0.15, 0.2) is 0 Å². The van der Waals surface area contributed by atoms with Crippen LogP contribution in [0, 0.1) is 0 Å². The van der Waals surface area contributed by atoms with Gasteiger partial charge in [-0.15, -0.1) is 0 Å². The molecular formula is C23H21N5. The normalized spacial score (nSPS) is 14.0. The van der Waals surface area contributed by atoms with Gasteiger partial charge in [-0.3, -0.25) is 9.98 Å². The SMILES string of the molecule is CCNc1ccc(C2=CN=NCC(c3ccnc4ccccc34)=CN=C2)cc1. The highest BCUT2D eigenvalue weighted by Gasteiger charge is 2.08. The maximum atomic E-state index is 4.56. The molecule has 0 saturated carbocycles. The van der Waals surface area contributed by atoms with Gasteiger partial charge in [-0.05, 0) is 42.3 Å². The van der Waals surface area contributed by atoms with Crippen LogP contribution in [0.2, 0.25) is 0 Å². The van der Waals surface area contributed by atoms with Crippen LogP contribution >= 0.6 is 0 Å². The van der Waals surface area contributed by atoms with E-state index in [9.17, 15) is 0 Å². The minimum absolute atomic E-state index is 0.467. The highest BCUT2D eigenvalue weighted by Crippen LogP contribution is 2.25. The third kappa shape index (κ3) is 3.88. The summed E-state index contributed by atoms with van der Waals surface area (Å²) in [6.07, 6.45) is 7.28. The lowest BCUT2D eigenvalue weighted by Crippen LogP contribution is -1.96. The van der Waals surface area contributed by atoms with Crippen molar-refractivity contribution >= 4 is 34.0 Å². The van der Waals surface area contributed by atoms with E-state index in [2.05, 4.69) is 62.8 Å². The van der Waals surface area contributed by atoms with Gasteiger partial charge in [-0.25, -0.2) is 0 Å². The Bertz CT molecular complexity index is 1090. The molecule has 0 bridgehead atoms. The van der Waals surface area contributed by atoms with Crippen LogP contribution in [0.25, 0.3) is 22.0 Å². The topological polar surface area (TPSA) is 62.0 Å². The molecule has 1 aromatic heterocycles. The largest absolute Gasteiger partial charge is 0.385 e. The number of azo groups is 1. The molecule has 0 saturated heterocycles. The zero-order valence-corrected chi connectivity index (χ0v) is 15.7. The van der Waals surface area contributed by atoms with Crippen molar-refractivity contribution in [1.29, 1.82) is 0 Å². The van der Waals surface area contributed by atoms with Crippen LogP contribution in [0.1, 0.15) is 18.1 Å². The third-order valence-corrected chi connectivity index (χ3v) is 4.56.